The van der Waals surface area contributed by atoms with Crippen molar-refractivity contribution in [1.82, 2.24) is 9.63 Å². The molecule has 2 heterocycles. The van der Waals surface area contributed by atoms with E-state index >= 15 is 0 Å². The van der Waals surface area contributed by atoms with Gasteiger partial charge >= 0.3 is 0 Å². The Labute approximate surface area is 117 Å². The summed E-state index contributed by atoms with van der Waals surface area (Å²) in [5.74, 6) is 0.569. The van der Waals surface area contributed by atoms with Gasteiger partial charge in [0.25, 0.3) is 0 Å². The third-order valence-electron chi connectivity index (χ3n) is 4.53. The third-order valence-corrected chi connectivity index (χ3v) is 4.53. The minimum Gasteiger partial charge on any atom is -0.349 e. The van der Waals surface area contributed by atoms with Gasteiger partial charge in [0.15, 0.2) is 0 Å². The molecule has 0 atom stereocenters. The van der Waals surface area contributed by atoms with Gasteiger partial charge < -0.3 is 4.57 Å². The van der Waals surface area contributed by atoms with E-state index in [1.807, 2.05) is 0 Å². The molecule has 0 spiro atoms. The molecule has 2 rings (SSSR count). The molecule has 0 N–H and O–H groups in total. The van der Waals surface area contributed by atoms with Gasteiger partial charge in [-0.25, -0.2) is 0 Å². The minimum atomic E-state index is -0.263. The van der Waals surface area contributed by atoms with Crippen LogP contribution in [0.25, 0.3) is 0 Å². The summed E-state index contributed by atoms with van der Waals surface area (Å²) in [4.78, 5) is 0. The van der Waals surface area contributed by atoms with Crippen molar-refractivity contribution in [3.63, 3.8) is 0 Å². The molecule has 1 aliphatic heterocycles. The van der Waals surface area contributed by atoms with E-state index in [-0.39, 0.29) is 11.1 Å². The fourth-order valence-corrected chi connectivity index (χ4v) is 3.84. The standard InChI is InChI=1S/C16H27N2O/c1-12-7-8-13(2)17(12)11-14-9-15(3,4)18(19)16(5,6)10-14/h7-8,14H,9-11H2,1-6H3. The van der Waals surface area contributed by atoms with Crippen molar-refractivity contribution in [2.24, 2.45) is 5.92 Å². The number of aryl methyl sites for hydroxylation is 2. The minimum absolute atomic E-state index is 0.263. The van der Waals surface area contributed by atoms with E-state index in [2.05, 4.69) is 58.2 Å². The molecule has 1 aliphatic rings. The molecule has 3 heteroatoms. The van der Waals surface area contributed by atoms with Crippen LogP contribution in [0.1, 0.15) is 51.9 Å². The van der Waals surface area contributed by atoms with Gasteiger partial charge in [-0.05, 0) is 72.4 Å². The molecule has 1 saturated heterocycles. The Morgan fingerprint density at radius 2 is 1.47 bits per heavy atom. The molecule has 1 radical (unpaired) electrons. The fourth-order valence-electron chi connectivity index (χ4n) is 3.84. The van der Waals surface area contributed by atoms with E-state index in [1.165, 1.54) is 16.5 Å². The lowest BCUT2D eigenvalue weighted by Gasteiger charge is -2.50. The number of nitrogens with zero attached hydrogens (tertiary/aromatic N) is 2. The van der Waals surface area contributed by atoms with Crippen LogP contribution in [0.4, 0.5) is 0 Å². The highest BCUT2D eigenvalue weighted by Gasteiger charge is 2.46. The molecule has 1 aromatic heterocycles. The molecule has 0 unspecified atom stereocenters. The molecular formula is C16H27N2O. The summed E-state index contributed by atoms with van der Waals surface area (Å²) in [6.45, 7) is 13.6. The maximum atomic E-state index is 12.4. The van der Waals surface area contributed by atoms with E-state index in [1.54, 1.807) is 0 Å². The van der Waals surface area contributed by atoms with Crippen LogP contribution in [0.15, 0.2) is 12.1 Å². The average molecular weight is 263 g/mol. The lowest BCUT2D eigenvalue weighted by Crippen LogP contribution is -2.58. The topological polar surface area (TPSA) is 28.1 Å². The van der Waals surface area contributed by atoms with Crippen LogP contribution in [-0.4, -0.2) is 20.7 Å². The van der Waals surface area contributed by atoms with Crippen molar-refractivity contribution in [3.8, 4) is 0 Å². The molecule has 0 amide bonds. The summed E-state index contributed by atoms with van der Waals surface area (Å²) < 4.78 is 2.39. The molecule has 0 aliphatic carbocycles. The normalized spacial score (nSPS) is 23.7. The third kappa shape index (κ3) is 2.72. The monoisotopic (exact) mass is 263 g/mol. The molecule has 19 heavy (non-hydrogen) atoms. The van der Waals surface area contributed by atoms with Gasteiger partial charge in [-0.1, -0.05) is 0 Å². The zero-order chi connectivity index (χ0) is 14.4. The van der Waals surface area contributed by atoms with Gasteiger partial charge in [0.1, 0.15) is 0 Å². The summed E-state index contributed by atoms with van der Waals surface area (Å²) in [5, 5.41) is 13.7. The quantitative estimate of drug-likeness (QED) is 0.799. The van der Waals surface area contributed by atoms with Crippen LogP contribution in [-0.2, 0) is 11.8 Å². The smallest absolute Gasteiger partial charge is 0.0447 e. The van der Waals surface area contributed by atoms with Gasteiger partial charge in [0, 0.05) is 29.0 Å². The maximum absolute atomic E-state index is 12.4. The van der Waals surface area contributed by atoms with Gasteiger partial charge in [-0.2, -0.15) is 0 Å². The van der Waals surface area contributed by atoms with Crippen molar-refractivity contribution in [1.29, 1.82) is 0 Å². The van der Waals surface area contributed by atoms with Gasteiger partial charge in [0.2, 0.25) is 0 Å². The zero-order valence-corrected chi connectivity index (χ0v) is 13.2. The average Bonchev–Trinajstić information content (AvgIpc) is 2.57. The molecule has 3 nitrogen and oxygen atoms in total. The van der Waals surface area contributed by atoms with Gasteiger partial charge in [0.05, 0.1) is 0 Å². The number of hydroxylamine groups is 2. The Bertz CT molecular complexity index is 422. The SMILES string of the molecule is Cc1ccc(C)n1CC1CC(C)(C)N([O])C(C)(C)C1. The largest absolute Gasteiger partial charge is 0.349 e. The molecular weight excluding hydrogens is 236 g/mol. The number of rotatable bonds is 2. The predicted molar refractivity (Wildman–Crippen MR) is 77.3 cm³/mol. The van der Waals surface area contributed by atoms with Crippen molar-refractivity contribution in [2.45, 2.75) is 72.0 Å². The van der Waals surface area contributed by atoms with Crippen molar-refractivity contribution in [3.05, 3.63) is 23.5 Å². The molecule has 1 fully saturated rings. The van der Waals surface area contributed by atoms with Crippen LogP contribution >= 0.6 is 0 Å². The lowest BCUT2D eigenvalue weighted by atomic mass is 9.75. The van der Waals surface area contributed by atoms with E-state index < -0.39 is 0 Å². The molecule has 1 aromatic rings. The van der Waals surface area contributed by atoms with Crippen molar-refractivity contribution in [2.75, 3.05) is 0 Å². The summed E-state index contributed by atoms with van der Waals surface area (Å²) in [6, 6.07) is 4.35. The van der Waals surface area contributed by atoms with Crippen LogP contribution < -0.4 is 0 Å². The van der Waals surface area contributed by atoms with Crippen molar-refractivity contribution < 1.29 is 5.21 Å². The first-order chi connectivity index (χ1) is 8.63. The van der Waals surface area contributed by atoms with Gasteiger partial charge in [-0.3, -0.25) is 0 Å². The Morgan fingerprint density at radius 3 is 1.89 bits per heavy atom. The number of aromatic nitrogens is 1. The van der Waals surface area contributed by atoms with Crippen LogP contribution in [0, 0.1) is 19.8 Å². The number of piperidine rings is 1. The zero-order valence-electron chi connectivity index (χ0n) is 13.2. The first kappa shape index (κ1) is 14.6. The first-order valence-corrected chi connectivity index (χ1v) is 7.24. The Hall–Kier alpha value is -0.800. The molecule has 0 bridgehead atoms. The highest BCUT2D eigenvalue weighted by atomic mass is 16.5. The molecule has 0 aromatic carbocycles. The molecule has 0 saturated carbocycles. The molecule has 107 valence electrons. The Morgan fingerprint density at radius 1 is 1.05 bits per heavy atom. The first-order valence-electron chi connectivity index (χ1n) is 7.24. The van der Waals surface area contributed by atoms with E-state index in [0.717, 1.165) is 19.4 Å². The lowest BCUT2D eigenvalue weighted by molar-refractivity contribution is -0.294. The van der Waals surface area contributed by atoms with E-state index in [4.69, 9.17) is 0 Å². The summed E-state index contributed by atoms with van der Waals surface area (Å²) in [6.07, 6.45) is 1.94. The van der Waals surface area contributed by atoms with E-state index in [9.17, 15) is 5.21 Å². The van der Waals surface area contributed by atoms with Crippen LogP contribution in [0.3, 0.4) is 0 Å². The number of hydrogen-bond acceptors (Lipinski definition) is 1. The second-order valence-corrected chi connectivity index (χ2v) is 7.42. The maximum Gasteiger partial charge on any atom is 0.0447 e. The number of hydrogen-bond donors (Lipinski definition) is 0. The van der Waals surface area contributed by atoms with Crippen LogP contribution in [0.5, 0.6) is 0 Å². The summed E-state index contributed by atoms with van der Waals surface area (Å²) in [7, 11) is 0. The second-order valence-electron chi connectivity index (χ2n) is 7.42. The second kappa shape index (κ2) is 4.64. The Kier molecular flexibility index (Phi) is 3.56. The predicted octanol–water partition coefficient (Wildman–Crippen LogP) is 3.72. The highest BCUT2D eigenvalue weighted by molar-refractivity contribution is 5.14. The fraction of sp³-hybridized carbons (Fsp3) is 0.750. The van der Waals surface area contributed by atoms with E-state index in [0.29, 0.717) is 5.92 Å². The summed E-state index contributed by atoms with van der Waals surface area (Å²) >= 11 is 0. The summed E-state index contributed by atoms with van der Waals surface area (Å²) in [5.41, 5.74) is 2.11. The Balaban J connectivity index is 2.19. The highest BCUT2D eigenvalue weighted by Crippen LogP contribution is 2.41. The van der Waals surface area contributed by atoms with Crippen LogP contribution in [0.2, 0.25) is 0 Å². The van der Waals surface area contributed by atoms with Crippen molar-refractivity contribution >= 4 is 0 Å². The van der Waals surface area contributed by atoms with Gasteiger partial charge in [-0.15, -0.1) is 10.3 Å².